The lowest BCUT2D eigenvalue weighted by Gasteiger charge is -2.30. The summed E-state index contributed by atoms with van der Waals surface area (Å²) in [7, 11) is -4.80. The quantitative estimate of drug-likeness (QED) is 0.845. The predicted octanol–water partition coefficient (Wildman–Crippen LogP) is 2.33. The zero-order chi connectivity index (χ0) is 17.4. The molecule has 128 valence electrons. The summed E-state index contributed by atoms with van der Waals surface area (Å²) in [4.78, 5) is 9.52. The molecule has 0 spiro atoms. The van der Waals surface area contributed by atoms with Gasteiger partial charge in [-0.2, -0.15) is 17.5 Å². The molecule has 1 aromatic carbocycles. The Balaban J connectivity index is 2.50. The van der Waals surface area contributed by atoms with E-state index in [9.17, 15) is 30.8 Å². The number of rotatable bonds is 3. The summed E-state index contributed by atoms with van der Waals surface area (Å²) < 4.78 is 78.3. The molecule has 0 unspecified atom stereocenters. The van der Waals surface area contributed by atoms with Crippen molar-refractivity contribution in [1.82, 2.24) is 4.31 Å². The first-order chi connectivity index (χ1) is 10.5. The lowest BCUT2D eigenvalue weighted by atomic mass is 10.0. The standard InChI is InChI=1S/C13H13F4NO4S/c14-10-5-1-4-9(13(15,16)17)11(10)23(21,22)18-6-2-3-8(7-18)12(19)20/h1,4-5,8H,2-3,6-7H2,(H,19,20)/t8-/m1/s1. The van der Waals surface area contributed by atoms with Crippen LogP contribution in [0.2, 0.25) is 0 Å². The van der Waals surface area contributed by atoms with Gasteiger partial charge in [0.2, 0.25) is 10.0 Å². The van der Waals surface area contributed by atoms with Crippen LogP contribution in [0.3, 0.4) is 0 Å². The molecule has 0 saturated carbocycles. The second-order valence-electron chi connectivity index (χ2n) is 5.15. The molecule has 2 rings (SSSR count). The number of carbonyl (C=O) groups is 1. The van der Waals surface area contributed by atoms with Crippen molar-refractivity contribution in [3.8, 4) is 0 Å². The van der Waals surface area contributed by atoms with Crippen molar-refractivity contribution >= 4 is 16.0 Å². The van der Waals surface area contributed by atoms with E-state index in [1.165, 1.54) is 0 Å². The number of aliphatic carboxylic acids is 1. The maximum Gasteiger partial charge on any atom is 0.417 e. The van der Waals surface area contributed by atoms with E-state index >= 15 is 0 Å². The molecule has 1 saturated heterocycles. The van der Waals surface area contributed by atoms with Crippen molar-refractivity contribution in [2.45, 2.75) is 23.9 Å². The molecule has 1 fully saturated rings. The fourth-order valence-corrected chi connectivity index (χ4v) is 4.27. The molecule has 1 aromatic rings. The average molecular weight is 355 g/mol. The average Bonchev–Trinajstić information content (AvgIpc) is 2.46. The highest BCUT2D eigenvalue weighted by molar-refractivity contribution is 7.89. The molecule has 1 atom stereocenters. The highest BCUT2D eigenvalue weighted by atomic mass is 32.2. The third kappa shape index (κ3) is 3.47. The highest BCUT2D eigenvalue weighted by Crippen LogP contribution is 2.37. The van der Waals surface area contributed by atoms with Gasteiger partial charge in [-0.1, -0.05) is 6.07 Å². The van der Waals surface area contributed by atoms with Gasteiger partial charge >= 0.3 is 12.1 Å². The van der Waals surface area contributed by atoms with E-state index in [0.717, 1.165) is 6.07 Å². The van der Waals surface area contributed by atoms with Gasteiger partial charge in [0, 0.05) is 13.1 Å². The van der Waals surface area contributed by atoms with Gasteiger partial charge < -0.3 is 5.11 Å². The van der Waals surface area contributed by atoms with E-state index in [1.54, 1.807) is 0 Å². The molecule has 1 N–H and O–H groups in total. The first-order valence-corrected chi connectivity index (χ1v) is 8.08. The van der Waals surface area contributed by atoms with E-state index in [-0.39, 0.29) is 19.4 Å². The molecular weight excluding hydrogens is 342 g/mol. The van der Waals surface area contributed by atoms with Gasteiger partial charge in [0.25, 0.3) is 0 Å². The Morgan fingerprint density at radius 1 is 1.30 bits per heavy atom. The lowest BCUT2D eigenvalue weighted by Crippen LogP contribution is -2.43. The van der Waals surface area contributed by atoms with E-state index in [2.05, 4.69) is 0 Å². The third-order valence-electron chi connectivity index (χ3n) is 3.60. The van der Waals surface area contributed by atoms with Crippen LogP contribution in [0.25, 0.3) is 0 Å². The maximum absolute atomic E-state index is 13.9. The van der Waals surface area contributed by atoms with Crippen molar-refractivity contribution in [1.29, 1.82) is 0 Å². The molecular formula is C13H13F4NO4S. The number of carboxylic acids is 1. The van der Waals surface area contributed by atoms with Crippen LogP contribution in [0.1, 0.15) is 18.4 Å². The lowest BCUT2D eigenvalue weighted by molar-refractivity contribution is -0.143. The molecule has 10 heteroatoms. The molecule has 1 heterocycles. The molecule has 1 aliphatic rings. The van der Waals surface area contributed by atoms with Crippen molar-refractivity contribution < 1.29 is 35.9 Å². The summed E-state index contributed by atoms with van der Waals surface area (Å²) in [6.45, 7) is -0.638. The Hall–Kier alpha value is -1.68. The third-order valence-corrected chi connectivity index (χ3v) is 5.55. The minimum Gasteiger partial charge on any atom is -0.481 e. The van der Waals surface area contributed by atoms with Gasteiger partial charge in [0.15, 0.2) is 0 Å². The van der Waals surface area contributed by atoms with E-state index < -0.39 is 50.9 Å². The molecule has 0 amide bonds. The molecule has 0 aliphatic carbocycles. The molecule has 0 bridgehead atoms. The van der Waals surface area contributed by atoms with Crippen LogP contribution in [-0.2, 0) is 21.0 Å². The number of carboxylic acid groups (broad SMARTS) is 1. The number of benzene rings is 1. The van der Waals surface area contributed by atoms with Crippen LogP contribution in [0, 0.1) is 11.7 Å². The van der Waals surface area contributed by atoms with Gasteiger partial charge in [-0.3, -0.25) is 4.79 Å². The van der Waals surface area contributed by atoms with Crippen molar-refractivity contribution in [2.24, 2.45) is 5.92 Å². The molecule has 0 aromatic heterocycles. The van der Waals surface area contributed by atoms with Gasteiger partial charge in [0.1, 0.15) is 10.7 Å². The summed E-state index contributed by atoms with van der Waals surface area (Å²) in [6.07, 6.45) is -4.66. The van der Waals surface area contributed by atoms with Gasteiger partial charge in [-0.25, -0.2) is 12.8 Å². The minimum absolute atomic E-state index is 0.155. The van der Waals surface area contributed by atoms with Crippen LogP contribution in [0.5, 0.6) is 0 Å². The number of hydrogen-bond donors (Lipinski definition) is 1. The number of nitrogens with zero attached hydrogens (tertiary/aromatic N) is 1. The van der Waals surface area contributed by atoms with E-state index in [0.29, 0.717) is 16.4 Å². The number of halogens is 4. The van der Waals surface area contributed by atoms with Crippen LogP contribution in [-0.4, -0.2) is 36.9 Å². The normalized spacial score (nSPS) is 20.4. The number of piperidine rings is 1. The Morgan fingerprint density at radius 2 is 1.96 bits per heavy atom. The van der Waals surface area contributed by atoms with Gasteiger partial charge in [-0.15, -0.1) is 0 Å². The Bertz CT molecular complexity index is 717. The predicted molar refractivity (Wildman–Crippen MR) is 70.5 cm³/mol. The fourth-order valence-electron chi connectivity index (χ4n) is 2.49. The van der Waals surface area contributed by atoms with Crippen LogP contribution < -0.4 is 0 Å². The van der Waals surface area contributed by atoms with Crippen LogP contribution in [0.15, 0.2) is 23.1 Å². The largest absolute Gasteiger partial charge is 0.481 e. The van der Waals surface area contributed by atoms with Crippen molar-refractivity contribution in [3.05, 3.63) is 29.6 Å². The Kier molecular flexibility index (Phi) is 4.67. The second kappa shape index (κ2) is 6.08. The van der Waals surface area contributed by atoms with Crippen molar-refractivity contribution in [3.63, 3.8) is 0 Å². The first-order valence-electron chi connectivity index (χ1n) is 6.64. The maximum atomic E-state index is 13.9. The second-order valence-corrected chi connectivity index (χ2v) is 7.03. The summed E-state index contributed by atoms with van der Waals surface area (Å²) in [5, 5.41) is 8.96. The SMILES string of the molecule is O=C(O)[C@@H]1CCCN(S(=O)(=O)c2c(F)cccc2C(F)(F)F)C1. The minimum atomic E-state index is -5.05. The number of sulfonamides is 1. The monoisotopic (exact) mass is 355 g/mol. The Labute approximate surface area is 129 Å². The van der Waals surface area contributed by atoms with E-state index in [1.807, 2.05) is 0 Å². The summed E-state index contributed by atoms with van der Waals surface area (Å²) in [6, 6.07) is 1.88. The topological polar surface area (TPSA) is 74.7 Å². The molecule has 23 heavy (non-hydrogen) atoms. The zero-order valence-electron chi connectivity index (χ0n) is 11.7. The zero-order valence-corrected chi connectivity index (χ0v) is 12.5. The van der Waals surface area contributed by atoms with Crippen LogP contribution >= 0.6 is 0 Å². The molecule has 5 nitrogen and oxygen atoms in total. The van der Waals surface area contributed by atoms with Gasteiger partial charge in [-0.05, 0) is 25.0 Å². The van der Waals surface area contributed by atoms with Crippen LogP contribution in [0.4, 0.5) is 17.6 Å². The van der Waals surface area contributed by atoms with E-state index in [4.69, 9.17) is 5.11 Å². The fraction of sp³-hybridized carbons (Fsp3) is 0.462. The summed E-state index contributed by atoms with van der Waals surface area (Å²) >= 11 is 0. The Morgan fingerprint density at radius 3 is 2.52 bits per heavy atom. The molecule has 1 aliphatic heterocycles. The molecule has 0 radical (unpaired) electrons. The number of alkyl halides is 3. The van der Waals surface area contributed by atoms with Crippen molar-refractivity contribution in [2.75, 3.05) is 13.1 Å². The number of hydrogen-bond acceptors (Lipinski definition) is 3. The summed E-state index contributed by atoms with van der Waals surface area (Å²) in [5.41, 5.74) is -1.60. The van der Waals surface area contributed by atoms with Gasteiger partial charge in [0.05, 0.1) is 11.5 Å². The summed E-state index contributed by atoms with van der Waals surface area (Å²) in [5.74, 6) is -3.79. The first kappa shape index (κ1) is 17.7. The smallest absolute Gasteiger partial charge is 0.417 e. The highest BCUT2D eigenvalue weighted by Gasteiger charge is 2.42.